The predicted octanol–water partition coefficient (Wildman–Crippen LogP) is 2.51. The molecule has 0 aliphatic heterocycles. The van der Waals surface area contributed by atoms with Gasteiger partial charge in [-0.25, -0.2) is 16.8 Å². The molecule has 0 atom stereocenters. The van der Waals surface area contributed by atoms with E-state index in [9.17, 15) is 16.8 Å². The van der Waals surface area contributed by atoms with Crippen molar-refractivity contribution in [3.63, 3.8) is 0 Å². The zero-order valence-electron chi connectivity index (χ0n) is 12.5. The van der Waals surface area contributed by atoms with Crippen LogP contribution in [0.2, 0.25) is 0 Å². The van der Waals surface area contributed by atoms with E-state index in [1.807, 2.05) is 19.1 Å². The van der Waals surface area contributed by atoms with Crippen LogP contribution in [0, 0.1) is 13.8 Å². The van der Waals surface area contributed by atoms with Gasteiger partial charge in [0.25, 0.3) is 10.0 Å². The zero-order valence-corrected chi connectivity index (χ0v) is 14.1. The second-order valence-corrected chi connectivity index (χ2v) is 8.87. The molecule has 5 nitrogen and oxygen atoms in total. The van der Waals surface area contributed by atoms with Crippen LogP contribution in [0.4, 0.5) is 5.69 Å². The standard InChI is InChI=1S/C15H17NO4S2/c1-11-7-8-12(2)15(9-11)16-22(19,20)14-6-4-5-13(10-14)21(3,17)18/h4-10,16H,1-3H3. The molecule has 1 N–H and O–H groups in total. The van der Waals surface area contributed by atoms with E-state index in [2.05, 4.69) is 4.72 Å². The second-order valence-electron chi connectivity index (χ2n) is 5.17. The maximum atomic E-state index is 12.4. The van der Waals surface area contributed by atoms with E-state index in [1.54, 1.807) is 13.0 Å². The van der Waals surface area contributed by atoms with Gasteiger partial charge < -0.3 is 0 Å². The molecule has 2 aromatic carbocycles. The van der Waals surface area contributed by atoms with Crippen molar-refractivity contribution in [1.82, 2.24) is 0 Å². The number of benzene rings is 2. The molecule has 0 heterocycles. The van der Waals surface area contributed by atoms with Crippen molar-refractivity contribution < 1.29 is 16.8 Å². The summed E-state index contributed by atoms with van der Waals surface area (Å²) in [5, 5.41) is 0. The Labute approximate surface area is 131 Å². The van der Waals surface area contributed by atoms with E-state index in [4.69, 9.17) is 0 Å². The third-order valence-electron chi connectivity index (χ3n) is 3.18. The quantitative estimate of drug-likeness (QED) is 0.928. The van der Waals surface area contributed by atoms with Gasteiger partial charge in [-0.2, -0.15) is 0 Å². The number of anilines is 1. The third kappa shape index (κ3) is 3.66. The van der Waals surface area contributed by atoms with Gasteiger partial charge in [-0.3, -0.25) is 4.72 Å². The Bertz CT molecular complexity index is 916. The molecule has 0 aliphatic rings. The Morgan fingerprint density at radius 3 is 2.14 bits per heavy atom. The molecular formula is C15H17NO4S2. The first-order valence-corrected chi connectivity index (χ1v) is 9.87. The van der Waals surface area contributed by atoms with Crippen LogP contribution in [0.25, 0.3) is 0 Å². The first-order valence-electron chi connectivity index (χ1n) is 6.50. The summed E-state index contributed by atoms with van der Waals surface area (Å²) in [6, 6.07) is 10.7. The van der Waals surface area contributed by atoms with E-state index in [0.717, 1.165) is 23.4 Å². The Balaban J connectivity index is 2.45. The summed E-state index contributed by atoms with van der Waals surface area (Å²) >= 11 is 0. The van der Waals surface area contributed by atoms with Crippen molar-refractivity contribution in [1.29, 1.82) is 0 Å². The van der Waals surface area contributed by atoms with Crippen molar-refractivity contribution >= 4 is 25.5 Å². The van der Waals surface area contributed by atoms with E-state index in [-0.39, 0.29) is 9.79 Å². The lowest BCUT2D eigenvalue weighted by atomic mass is 10.1. The lowest BCUT2D eigenvalue weighted by Crippen LogP contribution is -2.14. The Morgan fingerprint density at radius 2 is 1.50 bits per heavy atom. The number of sulfonamides is 1. The van der Waals surface area contributed by atoms with Crippen molar-refractivity contribution in [2.24, 2.45) is 0 Å². The maximum absolute atomic E-state index is 12.4. The van der Waals surface area contributed by atoms with Crippen LogP contribution in [0.15, 0.2) is 52.3 Å². The summed E-state index contributed by atoms with van der Waals surface area (Å²) in [4.78, 5) is -0.118. The molecule has 0 saturated carbocycles. The minimum Gasteiger partial charge on any atom is -0.279 e. The van der Waals surface area contributed by atoms with Crippen LogP contribution in [-0.2, 0) is 19.9 Å². The van der Waals surface area contributed by atoms with Crippen LogP contribution in [0.3, 0.4) is 0 Å². The summed E-state index contributed by atoms with van der Waals surface area (Å²) < 4.78 is 50.5. The summed E-state index contributed by atoms with van der Waals surface area (Å²) in [5.74, 6) is 0. The molecule has 0 fully saturated rings. The van der Waals surface area contributed by atoms with Gasteiger partial charge in [0.05, 0.1) is 15.5 Å². The summed E-state index contributed by atoms with van der Waals surface area (Å²) in [6.07, 6.45) is 1.04. The molecule has 7 heteroatoms. The van der Waals surface area contributed by atoms with Gasteiger partial charge in [-0.15, -0.1) is 0 Å². The molecule has 0 saturated heterocycles. The first kappa shape index (κ1) is 16.5. The van der Waals surface area contributed by atoms with Crippen LogP contribution in [-0.4, -0.2) is 23.1 Å². The SMILES string of the molecule is Cc1ccc(C)c(NS(=O)(=O)c2cccc(S(C)(=O)=O)c2)c1. The van der Waals surface area contributed by atoms with E-state index in [0.29, 0.717) is 5.69 Å². The van der Waals surface area contributed by atoms with Gasteiger partial charge in [0.1, 0.15) is 0 Å². The zero-order chi connectivity index (χ0) is 16.5. The minimum atomic E-state index is -3.85. The monoisotopic (exact) mass is 339 g/mol. The summed E-state index contributed by atoms with van der Waals surface area (Å²) in [6.45, 7) is 3.66. The summed E-state index contributed by atoms with van der Waals surface area (Å²) in [7, 11) is -7.32. The van der Waals surface area contributed by atoms with E-state index in [1.165, 1.54) is 18.2 Å². The van der Waals surface area contributed by atoms with Crippen molar-refractivity contribution in [2.75, 3.05) is 11.0 Å². The molecule has 2 rings (SSSR count). The van der Waals surface area contributed by atoms with Gasteiger partial charge in [0.15, 0.2) is 9.84 Å². The highest BCUT2D eigenvalue weighted by Gasteiger charge is 2.18. The van der Waals surface area contributed by atoms with Crippen LogP contribution in [0.5, 0.6) is 0 Å². The van der Waals surface area contributed by atoms with Crippen LogP contribution in [0.1, 0.15) is 11.1 Å². The molecule has 22 heavy (non-hydrogen) atoms. The average molecular weight is 339 g/mol. The molecule has 0 unspecified atom stereocenters. The predicted molar refractivity (Wildman–Crippen MR) is 86.3 cm³/mol. The van der Waals surface area contributed by atoms with Crippen molar-refractivity contribution in [2.45, 2.75) is 23.6 Å². The number of aryl methyl sites for hydroxylation is 2. The van der Waals surface area contributed by atoms with Gasteiger partial charge in [-0.05, 0) is 49.2 Å². The average Bonchev–Trinajstić information content (AvgIpc) is 2.42. The topological polar surface area (TPSA) is 80.3 Å². The highest BCUT2D eigenvalue weighted by Crippen LogP contribution is 2.22. The maximum Gasteiger partial charge on any atom is 0.261 e. The van der Waals surface area contributed by atoms with Crippen molar-refractivity contribution in [3.05, 3.63) is 53.6 Å². The van der Waals surface area contributed by atoms with E-state index >= 15 is 0 Å². The van der Waals surface area contributed by atoms with Gasteiger partial charge >= 0.3 is 0 Å². The molecule has 118 valence electrons. The summed E-state index contributed by atoms with van der Waals surface area (Å²) in [5.41, 5.74) is 2.19. The largest absolute Gasteiger partial charge is 0.279 e. The number of hydrogen-bond acceptors (Lipinski definition) is 4. The number of nitrogens with one attached hydrogen (secondary N) is 1. The van der Waals surface area contributed by atoms with Gasteiger partial charge in [-0.1, -0.05) is 18.2 Å². The normalized spacial score (nSPS) is 12.1. The fourth-order valence-electron chi connectivity index (χ4n) is 1.92. The first-order chi connectivity index (χ1) is 10.1. The Kier molecular flexibility index (Phi) is 4.30. The fraction of sp³-hybridized carbons (Fsp3) is 0.200. The molecule has 2 aromatic rings. The molecule has 0 amide bonds. The second kappa shape index (κ2) is 5.73. The molecule has 0 bridgehead atoms. The highest BCUT2D eigenvalue weighted by atomic mass is 32.2. The van der Waals surface area contributed by atoms with Crippen LogP contribution >= 0.6 is 0 Å². The Hall–Kier alpha value is -1.86. The van der Waals surface area contributed by atoms with Gasteiger partial charge in [0.2, 0.25) is 0 Å². The number of sulfone groups is 1. The lowest BCUT2D eigenvalue weighted by Gasteiger charge is -2.12. The minimum absolute atomic E-state index is 0.0312. The molecule has 0 aromatic heterocycles. The lowest BCUT2D eigenvalue weighted by molar-refractivity contribution is 0.599. The number of rotatable bonds is 4. The molecule has 0 radical (unpaired) electrons. The smallest absolute Gasteiger partial charge is 0.261 e. The number of hydrogen-bond donors (Lipinski definition) is 1. The highest BCUT2D eigenvalue weighted by molar-refractivity contribution is 7.93. The Morgan fingerprint density at radius 1 is 0.864 bits per heavy atom. The van der Waals surface area contributed by atoms with E-state index < -0.39 is 19.9 Å². The third-order valence-corrected chi connectivity index (χ3v) is 5.65. The van der Waals surface area contributed by atoms with Crippen LogP contribution < -0.4 is 4.72 Å². The van der Waals surface area contributed by atoms with Crippen molar-refractivity contribution in [3.8, 4) is 0 Å². The molecule has 0 aliphatic carbocycles. The fourth-order valence-corrected chi connectivity index (χ4v) is 3.83. The molecule has 0 spiro atoms. The molecular weight excluding hydrogens is 322 g/mol. The van der Waals surface area contributed by atoms with Gasteiger partial charge in [0, 0.05) is 6.26 Å².